The van der Waals surface area contributed by atoms with Crippen molar-refractivity contribution in [1.29, 1.82) is 0 Å². The third-order valence-corrected chi connectivity index (χ3v) is 5.11. The molecule has 0 bridgehead atoms. The van der Waals surface area contributed by atoms with Gasteiger partial charge in [0.25, 0.3) is 0 Å². The summed E-state index contributed by atoms with van der Waals surface area (Å²) < 4.78 is 12.1. The number of ether oxygens (including phenoxy) is 2. The second-order valence-electron chi connectivity index (χ2n) is 3.89. The first-order valence-corrected chi connectivity index (χ1v) is 8.59. The van der Waals surface area contributed by atoms with E-state index in [1.807, 2.05) is 32.2 Å². The molecule has 0 saturated carbocycles. The largest absolute Gasteiger partial charge is 0.348 e. The summed E-state index contributed by atoms with van der Waals surface area (Å²) in [6.45, 7) is 5.06. The van der Waals surface area contributed by atoms with Crippen LogP contribution >= 0.6 is 34.9 Å². The van der Waals surface area contributed by atoms with E-state index in [-0.39, 0.29) is 6.29 Å². The van der Waals surface area contributed by atoms with E-state index in [2.05, 4.69) is 9.98 Å². The van der Waals surface area contributed by atoms with Crippen molar-refractivity contribution in [3.63, 3.8) is 0 Å². The van der Waals surface area contributed by atoms with Crippen LogP contribution in [0.4, 0.5) is 5.69 Å². The van der Waals surface area contributed by atoms with Crippen molar-refractivity contribution in [2.24, 2.45) is 4.99 Å². The third kappa shape index (κ3) is 4.76. The molecule has 7 heteroatoms. The minimum atomic E-state index is -0.378. The van der Waals surface area contributed by atoms with Crippen molar-refractivity contribution in [2.75, 3.05) is 13.2 Å². The zero-order chi connectivity index (χ0) is 15.1. The molecule has 2 heterocycles. The molecule has 0 aliphatic carbocycles. The molecule has 21 heavy (non-hydrogen) atoms. The molecule has 0 amide bonds. The second-order valence-corrected chi connectivity index (χ2v) is 7.18. The Bertz CT molecular complexity index is 631. The fourth-order valence-corrected chi connectivity index (χ4v) is 4.16. The van der Waals surface area contributed by atoms with Crippen molar-refractivity contribution in [3.05, 3.63) is 37.4 Å². The molecule has 0 aliphatic rings. The first-order valence-electron chi connectivity index (χ1n) is 6.55. The fraction of sp³-hybridized carbons (Fsp3) is 0.357. The summed E-state index contributed by atoms with van der Waals surface area (Å²) >= 11 is 8.33. The molecule has 0 fully saturated rings. The Morgan fingerprint density at radius 3 is 2.52 bits per heavy atom. The van der Waals surface area contributed by atoms with Gasteiger partial charge in [-0.3, -0.25) is 9.98 Å². The zero-order valence-corrected chi connectivity index (χ0v) is 14.3. The molecule has 0 N–H and O–H groups in total. The molecular formula is C14H16N2O2S3. The lowest BCUT2D eigenvalue weighted by Crippen LogP contribution is -2.08. The van der Waals surface area contributed by atoms with Crippen molar-refractivity contribution >= 4 is 46.8 Å². The van der Waals surface area contributed by atoms with Crippen LogP contribution in [0.2, 0.25) is 0 Å². The van der Waals surface area contributed by atoms with E-state index in [4.69, 9.17) is 21.7 Å². The van der Waals surface area contributed by atoms with Crippen LogP contribution in [-0.2, 0) is 9.47 Å². The van der Waals surface area contributed by atoms with Gasteiger partial charge in [-0.25, -0.2) is 0 Å². The molecule has 0 aromatic carbocycles. The van der Waals surface area contributed by atoms with Crippen molar-refractivity contribution in [1.82, 2.24) is 4.98 Å². The van der Waals surface area contributed by atoms with Gasteiger partial charge in [0.15, 0.2) is 6.29 Å². The van der Waals surface area contributed by atoms with E-state index in [1.54, 1.807) is 12.4 Å². The zero-order valence-electron chi connectivity index (χ0n) is 11.8. The van der Waals surface area contributed by atoms with Crippen LogP contribution in [-0.4, -0.2) is 24.4 Å². The summed E-state index contributed by atoms with van der Waals surface area (Å²) in [5, 5.41) is 0. The predicted octanol–water partition coefficient (Wildman–Crippen LogP) is 4.76. The smallest absolute Gasteiger partial charge is 0.194 e. The van der Waals surface area contributed by atoms with Crippen molar-refractivity contribution in [2.45, 2.75) is 20.1 Å². The Hall–Kier alpha value is -0.990. The Morgan fingerprint density at radius 2 is 1.90 bits per heavy atom. The highest BCUT2D eigenvalue weighted by Gasteiger charge is 2.18. The minimum absolute atomic E-state index is 0.378. The van der Waals surface area contributed by atoms with E-state index in [0.29, 0.717) is 13.2 Å². The SMILES string of the molecule is CCOC(OCC)c1sc(=S)sc1C=Nc1ccncc1. The Balaban J connectivity index is 2.27. The normalized spacial score (nSPS) is 11.6. The average Bonchev–Trinajstić information content (AvgIpc) is 2.87. The molecule has 0 atom stereocenters. The lowest BCUT2D eigenvalue weighted by molar-refractivity contribution is -0.138. The van der Waals surface area contributed by atoms with Crippen LogP contribution < -0.4 is 0 Å². The highest BCUT2D eigenvalue weighted by molar-refractivity contribution is 7.76. The predicted molar refractivity (Wildman–Crippen MR) is 90.5 cm³/mol. The molecule has 0 saturated heterocycles. The maximum absolute atomic E-state index is 5.65. The molecule has 0 aliphatic heterocycles. The van der Waals surface area contributed by atoms with Gasteiger partial charge < -0.3 is 9.47 Å². The third-order valence-electron chi connectivity index (χ3n) is 2.47. The number of hydrogen-bond donors (Lipinski definition) is 0. The van der Waals surface area contributed by atoms with Crippen molar-refractivity contribution in [3.8, 4) is 0 Å². The summed E-state index contributed by atoms with van der Waals surface area (Å²) in [5.41, 5.74) is 0.852. The molecule has 4 nitrogen and oxygen atoms in total. The number of pyridine rings is 1. The first kappa shape index (κ1) is 16.4. The monoisotopic (exact) mass is 340 g/mol. The average molecular weight is 340 g/mol. The molecule has 2 rings (SSSR count). The first-order chi connectivity index (χ1) is 10.2. The van der Waals surface area contributed by atoms with Gasteiger partial charge in [0.05, 0.1) is 15.4 Å². The van der Waals surface area contributed by atoms with E-state index in [0.717, 1.165) is 18.6 Å². The quantitative estimate of drug-likeness (QED) is 0.414. The lowest BCUT2D eigenvalue weighted by Gasteiger charge is -2.15. The molecular weight excluding hydrogens is 324 g/mol. The number of nitrogens with zero attached hydrogens (tertiary/aromatic N) is 2. The number of aromatic nitrogens is 1. The Labute approximate surface area is 137 Å². The molecule has 112 valence electrons. The van der Waals surface area contributed by atoms with Gasteiger partial charge in [-0.05, 0) is 26.0 Å². The maximum atomic E-state index is 5.65. The summed E-state index contributed by atoms with van der Waals surface area (Å²) in [7, 11) is 0. The fourth-order valence-electron chi connectivity index (χ4n) is 1.62. The molecule has 2 aromatic rings. The number of aliphatic imine (C=N–C) groups is 1. The molecule has 0 unspecified atom stereocenters. The van der Waals surface area contributed by atoms with Crippen LogP contribution in [0, 0.1) is 3.14 Å². The van der Waals surface area contributed by atoms with Crippen LogP contribution in [0.5, 0.6) is 0 Å². The van der Waals surface area contributed by atoms with Gasteiger partial charge in [0, 0.05) is 31.8 Å². The topological polar surface area (TPSA) is 43.7 Å². The summed E-state index contributed by atoms with van der Waals surface area (Å²) in [6.07, 6.45) is 4.86. The highest BCUT2D eigenvalue weighted by atomic mass is 32.2. The van der Waals surface area contributed by atoms with E-state index in [1.165, 1.54) is 22.7 Å². The summed E-state index contributed by atoms with van der Waals surface area (Å²) in [6, 6.07) is 3.70. The second kappa shape index (κ2) is 8.45. The molecule has 0 radical (unpaired) electrons. The molecule has 0 spiro atoms. The minimum Gasteiger partial charge on any atom is -0.348 e. The summed E-state index contributed by atoms with van der Waals surface area (Å²) in [4.78, 5) is 10.4. The maximum Gasteiger partial charge on any atom is 0.194 e. The standard InChI is InChI=1S/C14H16N2O2S3/c1-3-17-13(18-4-2)12-11(20-14(19)21-12)9-16-10-5-7-15-8-6-10/h5-9,13H,3-4H2,1-2H3. The van der Waals surface area contributed by atoms with E-state index < -0.39 is 0 Å². The lowest BCUT2D eigenvalue weighted by atomic mass is 10.4. The van der Waals surface area contributed by atoms with Gasteiger partial charge in [-0.1, -0.05) is 12.2 Å². The van der Waals surface area contributed by atoms with Gasteiger partial charge in [-0.15, -0.1) is 22.7 Å². The summed E-state index contributed by atoms with van der Waals surface area (Å²) in [5.74, 6) is 0. The van der Waals surface area contributed by atoms with E-state index in [9.17, 15) is 0 Å². The van der Waals surface area contributed by atoms with Gasteiger partial charge in [-0.2, -0.15) is 0 Å². The van der Waals surface area contributed by atoms with Crippen LogP contribution in [0.1, 0.15) is 29.9 Å². The molecule has 2 aromatic heterocycles. The highest BCUT2D eigenvalue weighted by Crippen LogP contribution is 2.32. The van der Waals surface area contributed by atoms with Crippen LogP contribution in [0.3, 0.4) is 0 Å². The number of rotatable bonds is 7. The van der Waals surface area contributed by atoms with Gasteiger partial charge in [0.2, 0.25) is 0 Å². The number of hydrogen-bond acceptors (Lipinski definition) is 7. The Kier molecular flexibility index (Phi) is 6.59. The van der Waals surface area contributed by atoms with E-state index >= 15 is 0 Å². The van der Waals surface area contributed by atoms with Crippen LogP contribution in [0.25, 0.3) is 0 Å². The van der Waals surface area contributed by atoms with Gasteiger partial charge >= 0.3 is 0 Å². The van der Waals surface area contributed by atoms with Crippen LogP contribution in [0.15, 0.2) is 29.5 Å². The van der Waals surface area contributed by atoms with Gasteiger partial charge in [0.1, 0.15) is 3.14 Å². The van der Waals surface area contributed by atoms with Crippen molar-refractivity contribution < 1.29 is 9.47 Å². The Morgan fingerprint density at radius 1 is 1.24 bits per heavy atom.